The molecule has 3 aromatic carbocycles. The summed E-state index contributed by atoms with van der Waals surface area (Å²) in [6.07, 6.45) is 6.07. The molecule has 2 heterocycles. The van der Waals surface area contributed by atoms with E-state index in [0.29, 0.717) is 17.5 Å². The molecule has 1 fully saturated rings. The van der Waals surface area contributed by atoms with Gasteiger partial charge in [0.2, 0.25) is 0 Å². The molecular formula is C33H34N6O. The lowest BCUT2D eigenvalue weighted by atomic mass is 10.1. The molecule has 0 saturated heterocycles. The highest BCUT2D eigenvalue weighted by molar-refractivity contribution is 5.95. The van der Waals surface area contributed by atoms with Crippen molar-refractivity contribution >= 4 is 23.1 Å². The van der Waals surface area contributed by atoms with Crippen LogP contribution in [0.15, 0.2) is 91.3 Å². The van der Waals surface area contributed by atoms with Gasteiger partial charge in [-0.3, -0.25) is 9.20 Å². The van der Waals surface area contributed by atoms with E-state index in [1.165, 1.54) is 5.56 Å². The number of nitrogens with zero attached hydrogens (tertiary/aromatic N) is 3. The Morgan fingerprint density at radius 1 is 0.950 bits per heavy atom. The van der Waals surface area contributed by atoms with Gasteiger partial charge in [0.15, 0.2) is 11.5 Å². The van der Waals surface area contributed by atoms with E-state index in [-0.39, 0.29) is 5.91 Å². The third kappa shape index (κ3) is 5.83. The maximum atomic E-state index is 12.5. The Kier molecular flexibility index (Phi) is 7.19. The van der Waals surface area contributed by atoms with E-state index in [4.69, 9.17) is 9.97 Å². The van der Waals surface area contributed by atoms with Crippen LogP contribution < -0.4 is 16.0 Å². The zero-order valence-electron chi connectivity index (χ0n) is 22.9. The maximum Gasteiger partial charge on any atom is 0.251 e. The number of nitrogens with one attached hydrogen (secondary N) is 3. The number of hydrogen-bond acceptors (Lipinski definition) is 5. The second-order valence-corrected chi connectivity index (χ2v) is 10.8. The Bertz CT molecular complexity index is 1620. The predicted molar refractivity (Wildman–Crippen MR) is 161 cm³/mol. The van der Waals surface area contributed by atoms with Gasteiger partial charge in [-0.2, -0.15) is 0 Å². The van der Waals surface area contributed by atoms with Crippen LogP contribution in [0.4, 0.5) is 11.5 Å². The van der Waals surface area contributed by atoms with E-state index in [2.05, 4.69) is 76.8 Å². The Morgan fingerprint density at radius 2 is 1.75 bits per heavy atom. The molecule has 1 aliphatic rings. The smallest absolute Gasteiger partial charge is 0.251 e. The van der Waals surface area contributed by atoms with Crippen LogP contribution in [0.5, 0.6) is 0 Å². The van der Waals surface area contributed by atoms with Crippen molar-refractivity contribution in [2.45, 2.75) is 39.3 Å². The summed E-state index contributed by atoms with van der Waals surface area (Å²) in [5.41, 5.74) is 7.54. The third-order valence-electron chi connectivity index (χ3n) is 7.02. The Hall–Kier alpha value is -4.65. The first kappa shape index (κ1) is 25.6. The third-order valence-corrected chi connectivity index (χ3v) is 7.02. The van der Waals surface area contributed by atoms with Crippen LogP contribution in [0.1, 0.15) is 42.6 Å². The van der Waals surface area contributed by atoms with Gasteiger partial charge in [-0.1, -0.05) is 62.4 Å². The zero-order chi connectivity index (χ0) is 27.5. The van der Waals surface area contributed by atoms with Gasteiger partial charge in [-0.25, -0.2) is 9.97 Å². The fourth-order valence-electron chi connectivity index (χ4n) is 4.65. The number of hydrogen-bond donors (Lipinski definition) is 3. The molecule has 0 bridgehead atoms. The summed E-state index contributed by atoms with van der Waals surface area (Å²) in [7, 11) is 0. The average molecular weight is 531 g/mol. The number of amides is 1. The monoisotopic (exact) mass is 530 g/mol. The highest BCUT2D eigenvalue weighted by Crippen LogP contribution is 2.29. The molecule has 1 aliphatic carbocycles. The van der Waals surface area contributed by atoms with E-state index < -0.39 is 0 Å². The van der Waals surface area contributed by atoms with Gasteiger partial charge in [0.25, 0.3) is 5.91 Å². The molecule has 0 spiro atoms. The normalized spacial score (nSPS) is 13.0. The molecule has 0 aliphatic heterocycles. The fourth-order valence-corrected chi connectivity index (χ4v) is 4.65. The number of imidazole rings is 1. The minimum Gasteiger partial charge on any atom is -0.381 e. The second-order valence-electron chi connectivity index (χ2n) is 10.8. The zero-order valence-corrected chi connectivity index (χ0v) is 22.9. The van der Waals surface area contributed by atoms with Gasteiger partial charge in [-0.15, -0.1) is 0 Å². The molecule has 6 rings (SSSR count). The number of carbonyl (C=O) groups is 1. The number of fused-ring (bicyclic) bond motifs is 1. The topological polar surface area (TPSA) is 83.3 Å². The van der Waals surface area contributed by atoms with Crippen LogP contribution in [0.25, 0.3) is 28.2 Å². The molecule has 5 aromatic rings. The fraction of sp³-hybridized carbons (Fsp3) is 0.242. The van der Waals surface area contributed by atoms with Crippen molar-refractivity contribution in [2.24, 2.45) is 5.92 Å². The van der Waals surface area contributed by atoms with Crippen LogP contribution in [0.2, 0.25) is 0 Å². The van der Waals surface area contributed by atoms with E-state index in [1.807, 2.05) is 48.7 Å². The molecule has 7 nitrogen and oxygen atoms in total. The maximum absolute atomic E-state index is 12.5. The quantitative estimate of drug-likeness (QED) is 0.189. The minimum absolute atomic E-state index is 0.0134. The minimum atomic E-state index is -0.0134. The van der Waals surface area contributed by atoms with E-state index in [1.54, 1.807) is 0 Å². The molecule has 2 aromatic heterocycles. The van der Waals surface area contributed by atoms with E-state index in [0.717, 1.165) is 65.6 Å². The summed E-state index contributed by atoms with van der Waals surface area (Å²) in [4.78, 5) is 22.2. The van der Waals surface area contributed by atoms with Gasteiger partial charge >= 0.3 is 0 Å². The van der Waals surface area contributed by atoms with Gasteiger partial charge in [0.1, 0.15) is 0 Å². The molecular weight excluding hydrogens is 496 g/mol. The predicted octanol–water partition coefficient (Wildman–Crippen LogP) is 6.64. The Labute approximate surface area is 234 Å². The van der Waals surface area contributed by atoms with Crippen molar-refractivity contribution in [1.29, 1.82) is 0 Å². The number of rotatable bonds is 10. The first-order chi connectivity index (χ1) is 19.5. The van der Waals surface area contributed by atoms with Crippen molar-refractivity contribution in [3.63, 3.8) is 0 Å². The van der Waals surface area contributed by atoms with E-state index in [9.17, 15) is 4.79 Å². The van der Waals surface area contributed by atoms with Crippen molar-refractivity contribution in [3.05, 3.63) is 102 Å². The van der Waals surface area contributed by atoms with Gasteiger partial charge < -0.3 is 16.0 Å². The molecule has 40 heavy (non-hydrogen) atoms. The highest BCUT2D eigenvalue weighted by Gasteiger charge is 2.24. The standard InChI is InChI=1S/C33H34N6O/c1-22(2)18-35-31-32-36-20-30(24-11-13-25(14-12-24)33(40)37-28-15-16-28)39(32)21-29(38-31)26-8-6-7-23(17-26)19-34-27-9-4-3-5-10-27/h3-14,17,20-22,28,34H,15-16,18-19H2,1-2H3,(H,35,38)(H,37,40). The number of carbonyl (C=O) groups excluding carboxylic acids is 1. The molecule has 1 saturated carbocycles. The van der Waals surface area contributed by atoms with Crippen LogP contribution in [-0.2, 0) is 6.54 Å². The highest BCUT2D eigenvalue weighted by atomic mass is 16.1. The summed E-state index contributed by atoms with van der Waals surface area (Å²) in [6.45, 7) is 5.86. The van der Waals surface area contributed by atoms with Gasteiger partial charge in [-0.05, 0) is 54.7 Å². The van der Waals surface area contributed by atoms with Crippen molar-refractivity contribution in [2.75, 3.05) is 17.2 Å². The van der Waals surface area contributed by atoms with Crippen LogP contribution in [-0.4, -0.2) is 32.9 Å². The summed E-state index contributed by atoms with van der Waals surface area (Å²) in [5.74, 6) is 1.20. The SMILES string of the molecule is CC(C)CNc1nc(-c2cccc(CNc3ccccc3)c2)cn2c(-c3ccc(C(=O)NC4CC4)cc3)cnc12. The lowest BCUT2D eigenvalue weighted by Crippen LogP contribution is -2.25. The largest absolute Gasteiger partial charge is 0.381 e. The summed E-state index contributed by atoms with van der Waals surface area (Å²) < 4.78 is 2.10. The Balaban J connectivity index is 1.33. The number of para-hydroxylation sites is 1. The lowest BCUT2D eigenvalue weighted by Gasteiger charge is -2.13. The van der Waals surface area contributed by atoms with Crippen molar-refractivity contribution < 1.29 is 4.79 Å². The molecule has 0 atom stereocenters. The summed E-state index contributed by atoms with van der Waals surface area (Å²) in [6, 6.07) is 26.8. The number of benzene rings is 3. The molecule has 0 radical (unpaired) electrons. The Morgan fingerprint density at radius 3 is 2.50 bits per heavy atom. The van der Waals surface area contributed by atoms with Crippen LogP contribution in [0, 0.1) is 5.92 Å². The van der Waals surface area contributed by atoms with Crippen molar-refractivity contribution in [1.82, 2.24) is 19.7 Å². The first-order valence-corrected chi connectivity index (χ1v) is 13.9. The summed E-state index contributed by atoms with van der Waals surface area (Å²) in [5, 5.41) is 10.1. The molecule has 1 amide bonds. The molecule has 0 unspecified atom stereocenters. The molecule has 3 N–H and O–H groups in total. The molecule has 202 valence electrons. The average Bonchev–Trinajstić information content (AvgIpc) is 3.70. The van der Waals surface area contributed by atoms with Crippen LogP contribution in [0.3, 0.4) is 0 Å². The van der Waals surface area contributed by atoms with Gasteiger partial charge in [0.05, 0.1) is 17.6 Å². The van der Waals surface area contributed by atoms with Gasteiger partial charge in [0, 0.05) is 47.7 Å². The van der Waals surface area contributed by atoms with E-state index >= 15 is 0 Å². The lowest BCUT2D eigenvalue weighted by molar-refractivity contribution is 0.0951. The first-order valence-electron chi connectivity index (χ1n) is 13.9. The molecule has 7 heteroatoms. The van der Waals surface area contributed by atoms with Crippen LogP contribution >= 0.6 is 0 Å². The second kappa shape index (κ2) is 11.2. The van der Waals surface area contributed by atoms with Crippen molar-refractivity contribution in [3.8, 4) is 22.5 Å². The number of anilines is 2. The number of aromatic nitrogens is 3. The summed E-state index contributed by atoms with van der Waals surface area (Å²) >= 11 is 0.